The number of rotatable bonds is 0. The Labute approximate surface area is 42.3 Å². The summed E-state index contributed by atoms with van der Waals surface area (Å²) in [5, 5.41) is 14.0. The first kappa shape index (κ1) is 18.0. The van der Waals surface area contributed by atoms with Crippen molar-refractivity contribution in [3.05, 3.63) is 0 Å². The molecule has 0 bridgehead atoms. The maximum Gasteiger partial charge on any atom is 0.0319 e. The van der Waals surface area contributed by atoms with Gasteiger partial charge in [-0.25, -0.2) is 0 Å². The summed E-state index contributed by atoms with van der Waals surface area (Å²) in [5.74, 6) is 0. The Morgan fingerprint density at radius 3 is 0.800 bits per heavy atom. The quantitative estimate of drug-likeness (QED) is 0.419. The van der Waals surface area contributed by atoms with Gasteiger partial charge in [0.1, 0.15) is 0 Å². The number of aliphatic hydroxyl groups is 2. The van der Waals surface area contributed by atoms with E-state index in [4.69, 9.17) is 10.2 Å². The van der Waals surface area contributed by atoms with Crippen LogP contribution >= 0.6 is 0 Å². The van der Waals surface area contributed by atoms with Crippen LogP contribution in [0, 0.1) is 0 Å². The average Bonchev–Trinajstić information content (AvgIpc) is 1.50. The first-order valence-corrected chi connectivity index (χ1v) is 0.894. The van der Waals surface area contributed by atoms with Crippen molar-refractivity contribution >= 4 is 0 Å². The van der Waals surface area contributed by atoms with E-state index < -0.39 is 0 Å². The van der Waals surface area contributed by atoms with E-state index in [1.807, 2.05) is 0 Å². The summed E-state index contributed by atoms with van der Waals surface area (Å²) in [5.41, 5.74) is 0. The largest absolute Gasteiger partial charge is 0.400 e. The van der Waals surface area contributed by atoms with E-state index in [-0.39, 0.29) is 17.1 Å². The molecular weight excluding hydrogens is 120 g/mol. The van der Waals surface area contributed by atoms with Crippen LogP contribution in [-0.2, 0) is 17.1 Å². The smallest absolute Gasteiger partial charge is 0.0319 e. The van der Waals surface area contributed by atoms with Crippen LogP contribution < -0.4 is 0 Å². The summed E-state index contributed by atoms with van der Waals surface area (Å²) in [6, 6.07) is 0. The van der Waals surface area contributed by atoms with E-state index in [1.165, 1.54) is 0 Å². The normalized spacial score (nSPS) is 2.40. The maximum atomic E-state index is 7.00. The molecule has 2 nitrogen and oxygen atoms in total. The molecule has 5 heavy (non-hydrogen) atoms. The Balaban J connectivity index is -0.0000000133. The Bertz CT molecular complexity index is 7.61. The van der Waals surface area contributed by atoms with E-state index >= 15 is 0 Å². The first-order chi connectivity index (χ1) is 2.00. The zero-order chi connectivity index (χ0) is 4.00. The molecule has 39 valence electrons. The second-order valence-corrected chi connectivity index (χ2v) is 0. The maximum absolute atomic E-state index is 7.00. The van der Waals surface area contributed by atoms with Gasteiger partial charge in [-0.1, -0.05) is 0 Å². The summed E-state index contributed by atoms with van der Waals surface area (Å²) in [7, 11) is 2.00. The van der Waals surface area contributed by atoms with Crippen molar-refractivity contribution in [2.75, 3.05) is 14.2 Å². The fourth-order valence-electron chi connectivity index (χ4n) is 0. The van der Waals surface area contributed by atoms with Crippen molar-refractivity contribution in [1.82, 2.24) is 0 Å². The van der Waals surface area contributed by atoms with E-state index in [0.717, 1.165) is 14.2 Å². The monoisotopic (exact) mass is 127 g/mol. The molecule has 0 rings (SSSR count). The van der Waals surface area contributed by atoms with Gasteiger partial charge in [0.25, 0.3) is 0 Å². The van der Waals surface area contributed by atoms with Gasteiger partial charge in [0.2, 0.25) is 0 Å². The fraction of sp³-hybridized carbons (Fsp3) is 1.00. The summed E-state index contributed by atoms with van der Waals surface area (Å²) in [6.07, 6.45) is 0. The van der Waals surface area contributed by atoms with Gasteiger partial charge < -0.3 is 10.2 Å². The Hall–Kier alpha value is 0.439. The predicted molar refractivity (Wildman–Crippen MR) is 16.3 cm³/mol. The summed E-state index contributed by atoms with van der Waals surface area (Å²) >= 11 is 0. The van der Waals surface area contributed by atoms with E-state index in [1.54, 1.807) is 0 Å². The molecule has 2 N–H and O–H groups in total. The van der Waals surface area contributed by atoms with Gasteiger partial charge in [-0.05, 0) is 0 Å². The minimum Gasteiger partial charge on any atom is -0.400 e. The molecule has 1 radical (unpaired) electrons. The predicted octanol–water partition coefficient (Wildman–Crippen LogP) is -0.786. The third-order valence-corrected chi connectivity index (χ3v) is 0. The van der Waals surface area contributed by atoms with Crippen molar-refractivity contribution in [3.8, 4) is 0 Å². The molecule has 0 spiro atoms. The zero-order valence-corrected chi connectivity index (χ0v) is 4.14. The topological polar surface area (TPSA) is 40.5 Å². The van der Waals surface area contributed by atoms with E-state index in [9.17, 15) is 0 Å². The molecule has 0 aliphatic rings. The minimum absolute atomic E-state index is 0. The Morgan fingerprint density at radius 2 is 0.800 bits per heavy atom. The van der Waals surface area contributed by atoms with Crippen molar-refractivity contribution in [2.45, 2.75) is 0 Å². The van der Waals surface area contributed by atoms with Gasteiger partial charge in [-0.2, -0.15) is 0 Å². The molecule has 0 fully saturated rings. The number of hydrogen-bond acceptors (Lipinski definition) is 2. The van der Waals surface area contributed by atoms with Gasteiger partial charge in [0.15, 0.2) is 0 Å². The van der Waals surface area contributed by atoms with Gasteiger partial charge in [-0.15, -0.1) is 0 Å². The molecule has 0 unspecified atom stereocenters. The zero-order valence-electron chi connectivity index (χ0n) is 3.20. The molecule has 0 aromatic rings. The van der Waals surface area contributed by atoms with Gasteiger partial charge in [0, 0.05) is 31.3 Å². The van der Waals surface area contributed by atoms with Crippen LogP contribution in [0.1, 0.15) is 0 Å². The van der Waals surface area contributed by atoms with Crippen molar-refractivity contribution in [3.63, 3.8) is 0 Å². The SMILES string of the molecule is CO.CO.[Cu]. The molecule has 0 amide bonds. The van der Waals surface area contributed by atoms with E-state index in [2.05, 4.69) is 0 Å². The van der Waals surface area contributed by atoms with Gasteiger partial charge in [0.05, 0.1) is 0 Å². The molecule has 0 aliphatic heterocycles. The number of aliphatic hydroxyl groups excluding tert-OH is 2. The van der Waals surface area contributed by atoms with Crippen LogP contribution in [0.3, 0.4) is 0 Å². The molecule has 0 saturated heterocycles. The third kappa shape index (κ3) is 137. The number of hydrogen-bond donors (Lipinski definition) is 2. The van der Waals surface area contributed by atoms with Crippen LogP contribution in [0.5, 0.6) is 0 Å². The van der Waals surface area contributed by atoms with Crippen LogP contribution in [-0.4, -0.2) is 24.4 Å². The van der Waals surface area contributed by atoms with Crippen LogP contribution in [0.25, 0.3) is 0 Å². The second-order valence-electron chi connectivity index (χ2n) is 0. The molecule has 0 heterocycles. The fourth-order valence-corrected chi connectivity index (χ4v) is 0. The second kappa shape index (κ2) is 272. The summed E-state index contributed by atoms with van der Waals surface area (Å²) in [6.45, 7) is 0. The Kier molecular flexibility index (Phi) is 980. The standard InChI is InChI=1S/2CH4O.Cu/c2*1-2;/h2*2H,1H3;. The van der Waals surface area contributed by atoms with Gasteiger partial charge >= 0.3 is 0 Å². The Morgan fingerprint density at radius 1 is 0.800 bits per heavy atom. The van der Waals surface area contributed by atoms with E-state index in [0.29, 0.717) is 0 Å². The molecule has 3 heteroatoms. The van der Waals surface area contributed by atoms with Crippen LogP contribution in [0.4, 0.5) is 0 Å². The van der Waals surface area contributed by atoms with Gasteiger partial charge in [-0.3, -0.25) is 0 Å². The molecular formula is C2H8CuO2. The third-order valence-electron chi connectivity index (χ3n) is 0. The first-order valence-electron chi connectivity index (χ1n) is 0.894. The molecule has 0 aromatic carbocycles. The van der Waals surface area contributed by atoms with Crippen LogP contribution in [0.15, 0.2) is 0 Å². The summed E-state index contributed by atoms with van der Waals surface area (Å²) < 4.78 is 0. The molecule has 0 aliphatic carbocycles. The molecule has 0 atom stereocenters. The minimum atomic E-state index is 0. The van der Waals surface area contributed by atoms with Crippen LogP contribution in [0.2, 0.25) is 0 Å². The van der Waals surface area contributed by atoms with Crippen molar-refractivity contribution in [2.24, 2.45) is 0 Å². The van der Waals surface area contributed by atoms with Crippen molar-refractivity contribution < 1.29 is 27.3 Å². The molecule has 0 aromatic heterocycles. The molecule has 0 saturated carbocycles. The summed E-state index contributed by atoms with van der Waals surface area (Å²) in [4.78, 5) is 0. The average molecular weight is 128 g/mol. The van der Waals surface area contributed by atoms with Crippen molar-refractivity contribution in [1.29, 1.82) is 0 Å².